The highest BCUT2D eigenvalue weighted by atomic mass is 79.9. The van der Waals surface area contributed by atoms with Gasteiger partial charge in [0.1, 0.15) is 11.5 Å². The van der Waals surface area contributed by atoms with Crippen molar-refractivity contribution >= 4 is 21.9 Å². The molecule has 0 aliphatic carbocycles. The van der Waals surface area contributed by atoms with Crippen molar-refractivity contribution in [2.45, 2.75) is 13.8 Å². The molecule has 0 radical (unpaired) electrons. The van der Waals surface area contributed by atoms with Crippen LogP contribution in [0.3, 0.4) is 0 Å². The Bertz CT molecular complexity index is 740. The van der Waals surface area contributed by atoms with Crippen molar-refractivity contribution in [2.75, 3.05) is 0 Å². The van der Waals surface area contributed by atoms with Gasteiger partial charge in [0.2, 0.25) is 0 Å². The fraction of sp³-hybridized carbons (Fsp3) is 0.125. The maximum Gasteiger partial charge on any atom is 0.336 e. The van der Waals surface area contributed by atoms with Crippen LogP contribution in [0, 0.1) is 25.2 Å². The lowest BCUT2D eigenvalue weighted by Crippen LogP contribution is -1.98. The van der Waals surface area contributed by atoms with Crippen molar-refractivity contribution in [1.82, 2.24) is 0 Å². The number of hydrogen-bond acceptors (Lipinski definition) is 3. The van der Waals surface area contributed by atoms with Crippen molar-refractivity contribution in [3.05, 3.63) is 57.1 Å². The number of carboxylic acids is 1. The quantitative estimate of drug-likeness (QED) is 0.893. The average molecular weight is 346 g/mol. The average Bonchev–Trinajstić information content (AvgIpc) is 2.42. The molecule has 2 aromatic rings. The number of carboxylic acid groups (broad SMARTS) is 1. The Morgan fingerprint density at radius 2 is 1.86 bits per heavy atom. The van der Waals surface area contributed by atoms with E-state index in [-0.39, 0.29) is 5.56 Å². The van der Waals surface area contributed by atoms with E-state index in [2.05, 4.69) is 22.0 Å². The second-order valence-electron chi connectivity index (χ2n) is 4.60. The van der Waals surface area contributed by atoms with E-state index in [0.717, 1.165) is 11.1 Å². The Hall–Kier alpha value is -2.32. The molecule has 0 atom stereocenters. The van der Waals surface area contributed by atoms with Crippen LogP contribution in [0.25, 0.3) is 0 Å². The summed E-state index contributed by atoms with van der Waals surface area (Å²) in [6.45, 7) is 3.73. The molecule has 21 heavy (non-hydrogen) atoms. The second-order valence-corrected chi connectivity index (χ2v) is 5.45. The van der Waals surface area contributed by atoms with E-state index in [1.807, 2.05) is 13.8 Å². The molecule has 1 N–H and O–H groups in total. The van der Waals surface area contributed by atoms with Gasteiger partial charge in [0.05, 0.1) is 17.2 Å². The SMILES string of the molecule is Cc1cc(C#N)cc(C)c1Oc1ccc(C(=O)O)c(Br)c1. The number of carbonyl (C=O) groups is 1. The first-order valence-corrected chi connectivity index (χ1v) is 6.93. The summed E-state index contributed by atoms with van der Waals surface area (Å²) in [7, 11) is 0. The Kier molecular flexibility index (Phi) is 4.29. The van der Waals surface area contributed by atoms with Crippen molar-refractivity contribution in [3.8, 4) is 17.6 Å². The number of aromatic carboxylic acids is 1. The first-order chi connectivity index (χ1) is 9.92. The van der Waals surface area contributed by atoms with Gasteiger partial charge < -0.3 is 9.84 Å². The molecule has 5 heteroatoms. The van der Waals surface area contributed by atoms with Gasteiger partial charge in [-0.2, -0.15) is 5.26 Å². The molecule has 0 unspecified atom stereocenters. The minimum atomic E-state index is -1.00. The summed E-state index contributed by atoms with van der Waals surface area (Å²) in [5.41, 5.74) is 2.46. The van der Waals surface area contributed by atoms with Gasteiger partial charge in [-0.1, -0.05) is 0 Å². The van der Waals surface area contributed by atoms with Gasteiger partial charge >= 0.3 is 5.97 Å². The van der Waals surface area contributed by atoms with Gasteiger partial charge in [-0.05, 0) is 71.2 Å². The van der Waals surface area contributed by atoms with E-state index in [1.54, 1.807) is 24.3 Å². The molecule has 0 fully saturated rings. The molecule has 4 nitrogen and oxygen atoms in total. The standard InChI is InChI=1S/C16H12BrNO3/c1-9-5-11(8-18)6-10(2)15(9)21-12-3-4-13(16(19)20)14(17)7-12/h3-7H,1-2H3,(H,19,20). The number of rotatable bonds is 3. The Morgan fingerprint density at radius 3 is 2.33 bits per heavy atom. The molecule has 0 aliphatic heterocycles. The first-order valence-electron chi connectivity index (χ1n) is 6.14. The molecule has 106 valence electrons. The van der Waals surface area contributed by atoms with Crippen molar-refractivity contribution in [3.63, 3.8) is 0 Å². The van der Waals surface area contributed by atoms with E-state index < -0.39 is 5.97 Å². The van der Waals surface area contributed by atoms with Crippen LogP contribution in [0.5, 0.6) is 11.5 Å². The summed E-state index contributed by atoms with van der Waals surface area (Å²) in [6, 6.07) is 10.3. The number of benzene rings is 2. The smallest absolute Gasteiger partial charge is 0.336 e. The lowest BCUT2D eigenvalue weighted by atomic mass is 10.1. The zero-order valence-corrected chi connectivity index (χ0v) is 13.1. The first kappa shape index (κ1) is 15.1. The molecular weight excluding hydrogens is 334 g/mol. The molecule has 0 spiro atoms. The van der Waals surface area contributed by atoms with Gasteiger partial charge in [-0.3, -0.25) is 0 Å². The fourth-order valence-electron chi connectivity index (χ4n) is 2.03. The summed E-state index contributed by atoms with van der Waals surface area (Å²) in [4.78, 5) is 11.0. The van der Waals surface area contributed by atoms with E-state index in [4.69, 9.17) is 15.1 Å². The lowest BCUT2D eigenvalue weighted by Gasteiger charge is -2.13. The van der Waals surface area contributed by atoms with Crippen LogP contribution >= 0.6 is 15.9 Å². The highest BCUT2D eigenvalue weighted by Crippen LogP contribution is 2.32. The predicted molar refractivity (Wildman–Crippen MR) is 81.8 cm³/mol. The number of aryl methyl sites for hydroxylation is 2. The summed E-state index contributed by atoms with van der Waals surface area (Å²) < 4.78 is 6.28. The van der Waals surface area contributed by atoms with Crippen LogP contribution < -0.4 is 4.74 Å². The van der Waals surface area contributed by atoms with E-state index in [9.17, 15) is 4.79 Å². The summed E-state index contributed by atoms with van der Waals surface area (Å²) >= 11 is 3.22. The molecule has 0 saturated heterocycles. The number of nitrogens with zero attached hydrogens (tertiary/aromatic N) is 1. The van der Waals surface area contributed by atoms with E-state index in [1.165, 1.54) is 6.07 Å². The zero-order chi connectivity index (χ0) is 15.6. The van der Waals surface area contributed by atoms with E-state index >= 15 is 0 Å². The minimum Gasteiger partial charge on any atom is -0.478 e. The van der Waals surface area contributed by atoms with Gasteiger partial charge in [0.25, 0.3) is 0 Å². The molecule has 0 aliphatic rings. The third-order valence-corrected chi connectivity index (χ3v) is 3.64. The van der Waals surface area contributed by atoms with Crippen LogP contribution in [-0.2, 0) is 0 Å². The Labute approximate surface area is 130 Å². The normalized spacial score (nSPS) is 10.0. The van der Waals surface area contributed by atoms with Crippen LogP contribution in [0.1, 0.15) is 27.0 Å². The minimum absolute atomic E-state index is 0.177. The summed E-state index contributed by atoms with van der Waals surface area (Å²) in [5, 5.41) is 17.9. The van der Waals surface area contributed by atoms with Crippen molar-refractivity contribution < 1.29 is 14.6 Å². The number of halogens is 1. The van der Waals surface area contributed by atoms with E-state index in [0.29, 0.717) is 21.5 Å². The lowest BCUT2D eigenvalue weighted by molar-refractivity contribution is 0.0696. The Morgan fingerprint density at radius 1 is 1.24 bits per heavy atom. The maximum absolute atomic E-state index is 11.0. The van der Waals surface area contributed by atoms with Crippen LogP contribution in [-0.4, -0.2) is 11.1 Å². The van der Waals surface area contributed by atoms with Gasteiger partial charge in [0.15, 0.2) is 0 Å². The van der Waals surface area contributed by atoms with Gasteiger partial charge in [-0.25, -0.2) is 4.79 Å². The maximum atomic E-state index is 11.0. The molecule has 0 amide bonds. The highest BCUT2D eigenvalue weighted by Gasteiger charge is 2.12. The van der Waals surface area contributed by atoms with Gasteiger partial charge in [0, 0.05) is 4.47 Å². The summed E-state index contributed by atoms with van der Waals surface area (Å²) in [6.07, 6.45) is 0. The predicted octanol–water partition coefficient (Wildman–Crippen LogP) is 4.43. The highest BCUT2D eigenvalue weighted by molar-refractivity contribution is 9.10. The Balaban J connectivity index is 2.37. The number of hydrogen-bond donors (Lipinski definition) is 1. The number of nitriles is 1. The third kappa shape index (κ3) is 3.23. The fourth-order valence-corrected chi connectivity index (χ4v) is 2.55. The van der Waals surface area contributed by atoms with Crippen LogP contribution in [0.2, 0.25) is 0 Å². The molecule has 0 saturated carbocycles. The largest absolute Gasteiger partial charge is 0.478 e. The molecule has 2 rings (SSSR count). The monoisotopic (exact) mass is 345 g/mol. The summed E-state index contributed by atoms with van der Waals surface area (Å²) in [5.74, 6) is 0.200. The van der Waals surface area contributed by atoms with Crippen molar-refractivity contribution in [2.24, 2.45) is 0 Å². The zero-order valence-electron chi connectivity index (χ0n) is 11.5. The van der Waals surface area contributed by atoms with Crippen molar-refractivity contribution in [1.29, 1.82) is 5.26 Å². The topological polar surface area (TPSA) is 70.3 Å². The third-order valence-electron chi connectivity index (χ3n) is 2.98. The molecule has 2 aromatic carbocycles. The number of ether oxygens (including phenoxy) is 1. The van der Waals surface area contributed by atoms with Crippen LogP contribution in [0.4, 0.5) is 0 Å². The molecule has 0 aromatic heterocycles. The molecular formula is C16H12BrNO3. The van der Waals surface area contributed by atoms with Gasteiger partial charge in [-0.15, -0.1) is 0 Å². The van der Waals surface area contributed by atoms with Crippen LogP contribution in [0.15, 0.2) is 34.8 Å². The molecule has 0 bridgehead atoms. The second kappa shape index (κ2) is 5.98. The molecule has 0 heterocycles.